The summed E-state index contributed by atoms with van der Waals surface area (Å²) >= 11 is 0. The second-order valence-electron chi connectivity index (χ2n) is 5.65. The Morgan fingerprint density at radius 1 is 1.12 bits per heavy atom. The number of halogens is 1. The van der Waals surface area contributed by atoms with E-state index in [1.807, 2.05) is 36.5 Å². The molecule has 0 atom stereocenters. The highest BCUT2D eigenvalue weighted by molar-refractivity contribution is 14.0. The van der Waals surface area contributed by atoms with Crippen molar-refractivity contribution >= 4 is 29.9 Å². The molecule has 0 unspecified atom stereocenters. The first-order valence-corrected chi connectivity index (χ1v) is 8.57. The number of aromatic nitrogens is 3. The van der Waals surface area contributed by atoms with Gasteiger partial charge in [-0.3, -0.25) is 0 Å². The van der Waals surface area contributed by atoms with E-state index in [2.05, 4.69) is 61.6 Å². The van der Waals surface area contributed by atoms with Crippen LogP contribution in [-0.2, 0) is 13.1 Å². The van der Waals surface area contributed by atoms with E-state index >= 15 is 0 Å². The lowest BCUT2D eigenvalue weighted by Crippen LogP contribution is -2.38. The van der Waals surface area contributed by atoms with E-state index in [9.17, 15) is 0 Å². The van der Waals surface area contributed by atoms with Crippen LogP contribution in [0.1, 0.15) is 12.7 Å². The molecule has 6 nitrogen and oxygen atoms in total. The van der Waals surface area contributed by atoms with Gasteiger partial charge >= 0.3 is 0 Å². The van der Waals surface area contributed by atoms with E-state index < -0.39 is 0 Å². The lowest BCUT2D eigenvalue weighted by molar-refractivity contribution is 0.665. The van der Waals surface area contributed by atoms with Gasteiger partial charge in [-0.2, -0.15) is 0 Å². The molecule has 0 saturated carbocycles. The summed E-state index contributed by atoms with van der Waals surface area (Å²) in [6.45, 7) is 5.10. The highest BCUT2D eigenvalue weighted by atomic mass is 127. The van der Waals surface area contributed by atoms with Crippen molar-refractivity contribution < 1.29 is 0 Å². The fraction of sp³-hybridized carbons (Fsp3) is 0.263. The van der Waals surface area contributed by atoms with Crippen LogP contribution in [0.25, 0.3) is 11.3 Å². The molecule has 2 heterocycles. The summed E-state index contributed by atoms with van der Waals surface area (Å²) in [6.07, 6.45) is 5.96. The van der Waals surface area contributed by atoms with Crippen molar-refractivity contribution in [1.29, 1.82) is 0 Å². The molecule has 3 N–H and O–H groups in total. The molecule has 2 aromatic heterocycles. The Morgan fingerprint density at radius 3 is 2.62 bits per heavy atom. The van der Waals surface area contributed by atoms with Crippen LogP contribution in [0.2, 0.25) is 0 Å². The minimum absolute atomic E-state index is 0. The molecule has 0 aliphatic heterocycles. The molecule has 0 spiro atoms. The van der Waals surface area contributed by atoms with Gasteiger partial charge in [0.15, 0.2) is 5.96 Å². The van der Waals surface area contributed by atoms with Crippen LogP contribution in [0.5, 0.6) is 0 Å². The third-order valence-electron chi connectivity index (χ3n) is 3.77. The Balaban J connectivity index is 0.00000243. The van der Waals surface area contributed by atoms with E-state index in [1.165, 1.54) is 0 Å². The molecule has 26 heavy (non-hydrogen) atoms. The minimum atomic E-state index is 0. The molecular formula is C19H25IN6. The van der Waals surface area contributed by atoms with Crippen LogP contribution in [-0.4, -0.2) is 33.6 Å². The predicted molar refractivity (Wildman–Crippen MR) is 117 cm³/mol. The van der Waals surface area contributed by atoms with Crippen molar-refractivity contribution in [2.24, 2.45) is 4.99 Å². The fourth-order valence-corrected chi connectivity index (χ4v) is 2.53. The van der Waals surface area contributed by atoms with Crippen LogP contribution in [0.4, 0.5) is 0 Å². The fourth-order valence-electron chi connectivity index (χ4n) is 2.53. The number of rotatable bonds is 7. The first-order chi connectivity index (χ1) is 12.3. The van der Waals surface area contributed by atoms with Gasteiger partial charge in [0.2, 0.25) is 0 Å². The maximum Gasteiger partial charge on any atom is 0.191 e. The zero-order chi connectivity index (χ0) is 17.3. The van der Waals surface area contributed by atoms with Crippen molar-refractivity contribution in [2.75, 3.05) is 13.1 Å². The molecule has 0 aliphatic carbocycles. The average molecular weight is 464 g/mol. The van der Waals surface area contributed by atoms with Crippen molar-refractivity contribution in [2.45, 2.75) is 20.0 Å². The van der Waals surface area contributed by atoms with Gasteiger partial charge in [0.25, 0.3) is 0 Å². The van der Waals surface area contributed by atoms with E-state index in [1.54, 1.807) is 0 Å². The SMILES string of the molecule is CCNC(=NCc1ncc(-c2ccccc2)[nH]1)NCCn1cccc1.I. The summed E-state index contributed by atoms with van der Waals surface area (Å²) in [5.74, 6) is 1.65. The van der Waals surface area contributed by atoms with Crippen LogP contribution < -0.4 is 10.6 Å². The van der Waals surface area contributed by atoms with Crippen LogP contribution in [0.15, 0.2) is 66.0 Å². The second-order valence-corrected chi connectivity index (χ2v) is 5.65. The van der Waals surface area contributed by atoms with Gasteiger partial charge in [0.1, 0.15) is 12.4 Å². The third kappa shape index (κ3) is 5.91. The largest absolute Gasteiger partial charge is 0.357 e. The van der Waals surface area contributed by atoms with Gasteiger partial charge in [0, 0.05) is 32.0 Å². The predicted octanol–water partition coefficient (Wildman–Crippen LogP) is 3.25. The quantitative estimate of drug-likeness (QED) is 0.286. The van der Waals surface area contributed by atoms with Gasteiger partial charge in [0.05, 0.1) is 11.9 Å². The summed E-state index contributed by atoms with van der Waals surface area (Å²) in [6, 6.07) is 14.2. The molecule has 0 saturated heterocycles. The number of nitrogens with zero attached hydrogens (tertiary/aromatic N) is 3. The summed E-state index contributed by atoms with van der Waals surface area (Å²) < 4.78 is 2.13. The molecule has 0 amide bonds. The molecule has 7 heteroatoms. The molecule has 3 rings (SSSR count). The number of aromatic amines is 1. The zero-order valence-electron chi connectivity index (χ0n) is 14.9. The number of hydrogen-bond acceptors (Lipinski definition) is 2. The number of nitrogens with one attached hydrogen (secondary N) is 3. The molecule has 0 bridgehead atoms. The Kier molecular flexibility index (Phi) is 8.20. The molecule has 0 radical (unpaired) electrons. The van der Waals surface area contributed by atoms with Crippen molar-refractivity contribution in [1.82, 2.24) is 25.2 Å². The van der Waals surface area contributed by atoms with Crippen LogP contribution >= 0.6 is 24.0 Å². The number of imidazole rings is 1. The number of guanidine groups is 1. The third-order valence-corrected chi connectivity index (χ3v) is 3.77. The Hall–Kier alpha value is -2.29. The summed E-state index contributed by atoms with van der Waals surface area (Å²) in [5, 5.41) is 6.60. The average Bonchev–Trinajstić information content (AvgIpc) is 3.32. The zero-order valence-corrected chi connectivity index (χ0v) is 17.2. The molecule has 1 aromatic carbocycles. The van der Waals surface area contributed by atoms with Gasteiger partial charge in [-0.15, -0.1) is 24.0 Å². The number of aliphatic imine (C=N–C) groups is 1. The van der Waals surface area contributed by atoms with Crippen molar-refractivity contribution in [3.63, 3.8) is 0 Å². The van der Waals surface area contributed by atoms with E-state index in [0.29, 0.717) is 6.54 Å². The molecule has 0 fully saturated rings. The van der Waals surface area contributed by atoms with Gasteiger partial charge in [-0.05, 0) is 24.6 Å². The summed E-state index contributed by atoms with van der Waals surface area (Å²) in [4.78, 5) is 12.4. The van der Waals surface area contributed by atoms with Crippen LogP contribution in [0, 0.1) is 0 Å². The highest BCUT2D eigenvalue weighted by Crippen LogP contribution is 2.16. The van der Waals surface area contributed by atoms with Gasteiger partial charge in [-0.25, -0.2) is 9.98 Å². The Bertz CT molecular complexity index is 779. The van der Waals surface area contributed by atoms with E-state index in [-0.39, 0.29) is 24.0 Å². The lowest BCUT2D eigenvalue weighted by Gasteiger charge is -2.11. The smallest absolute Gasteiger partial charge is 0.191 e. The van der Waals surface area contributed by atoms with E-state index in [0.717, 1.165) is 42.7 Å². The number of hydrogen-bond donors (Lipinski definition) is 3. The van der Waals surface area contributed by atoms with E-state index in [4.69, 9.17) is 0 Å². The van der Waals surface area contributed by atoms with Crippen LogP contribution in [0.3, 0.4) is 0 Å². The molecule has 138 valence electrons. The number of H-pyrrole nitrogens is 1. The molecule has 0 aliphatic rings. The standard InChI is InChI=1S/C19H24N6.HI/c1-2-20-19(21-10-13-25-11-6-7-12-25)23-15-18-22-14-17(24-18)16-8-4-3-5-9-16;/h3-9,11-12,14H,2,10,13,15H2,1H3,(H,22,24)(H2,20,21,23);1H. The second kappa shape index (κ2) is 10.6. The monoisotopic (exact) mass is 464 g/mol. The Labute approximate surface area is 171 Å². The minimum Gasteiger partial charge on any atom is -0.357 e. The first kappa shape index (κ1) is 20.0. The van der Waals surface area contributed by atoms with Crippen molar-refractivity contribution in [3.05, 3.63) is 66.9 Å². The Morgan fingerprint density at radius 2 is 1.88 bits per heavy atom. The maximum atomic E-state index is 4.60. The lowest BCUT2D eigenvalue weighted by atomic mass is 10.2. The maximum absolute atomic E-state index is 4.60. The van der Waals surface area contributed by atoms with Gasteiger partial charge in [-0.1, -0.05) is 30.3 Å². The summed E-state index contributed by atoms with van der Waals surface area (Å²) in [7, 11) is 0. The van der Waals surface area contributed by atoms with Gasteiger partial charge < -0.3 is 20.2 Å². The highest BCUT2D eigenvalue weighted by Gasteiger charge is 2.03. The number of benzene rings is 1. The topological polar surface area (TPSA) is 70.0 Å². The molecular weight excluding hydrogens is 439 g/mol. The molecule has 3 aromatic rings. The summed E-state index contributed by atoms with van der Waals surface area (Å²) in [5.41, 5.74) is 2.14. The first-order valence-electron chi connectivity index (χ1n) is 8.57. The van der Waals surface area contributed by atoms with Crippen molar-refractivity contribution in [3.8, 4) is 11.3 Å². The normalized spacial score (nSPS) is 11.0.